The van der Waals surface area contributed by atoms with Crippen molar-refractivity contribution in [2.75, 3.05) is 13.2 Å². The van der Waals surface area contributed by atoms with E-state index in [1.807, 2.05) is 31.2 Å². The van der Waals surface area contributed by atoms with E-state index >= 15 is 0 Å². The van der Waals surface area contributed by atoms with Gasteiger partial charge < -0.3 is 15.3 Å². The van der Waals surface area contributed by atoms with Crippen molar-refractivity contribution >= 4 is 6.03 Å². The van der Waals surface area contributed by atoms with Crippen LogP contribution in [0.25, 0.3) is 0 Å². The molecule has 3 rings (SSSR count). The second-order valence-corrected chi connectivity index (χ2v) is 6.87. The largest absolute Gasteiger partial charge is 0.394 e. The van der Waals surface area contributed by atoms with Gasteiger partial charge in [0.2, 0.25) is 0 Å². The summed E-state index contributed by atoms with van der Waals surface area (Å²) in [4.78, 5) is 13.7. The molecule has 1 saturated heterocycles. The van der Waals surface area contributed by atoms with Gasteiger partial charge in [-0.15, -0.1) is 0 Å². The number of nitriles is 1. The van der Waals surface area contributed by atoms with Crippen LogP contribution in [0, 0.1) is 29.0 Å². The second-order valence-electron chi connectivity index (χ2n) is 6.87. The van der Waals surface area contributed by atoms with Crippen LogP contribution in [0.4, 0.5) is 9.18 Å². The lowest BCUT2D eigenvalue weighted by Gasteiger charge is -2.51. The minimum absolute atomic E-state index is 0.219. The summed E-state index contributed by atoms with van der Waals surface area (Å²) in [5.74, 6) is 5.31. The Bertz CT molecular complexity index is 972. The Balaban J connectivity index is 1.75. The number of halogens is 1. The van der Waals surface area contributed by atoms with E-state index < -0.39 is 12.1 Å². The fourth-order valence-corrected chi connectivity index (χ4v) is 3.51. The fraction of sp³-hybridized carbons (Fsp3) is 0.304. The number of aliphatic hydroxyl groups excluding tert-OH is 1. The third kappa shape index (κ3) is 4.39. The van der Waals surface area contributed by atoms with Crippen LogP contribution in [0.2, 0.25) is 0 Å². The van der Waals surface area contributed by atoms with Crippen LogP contribution in [-0.2, 0) is 0 Å². The molecule has 0 saturated carbocycles. The Morgan fingerprint density at radius 2 is 1.93 bits per heavy atom. The molecule has 1 fully saturated rings. The number of amides is 2. The van der Waals surface area contributed by atoms with Crippen molar-refractivity contribution in [3.63, 3.8) is 0 Å². The molecule has 1 heterocycles. The van der Waals surface area contributed by atoms with Crippen LogP contribution in [0.3, 0.4) is 0 Å². The maximum Gasteiger partial charge on any atom is 0.318 e. The zero-order valence-corrected chi connectivity index (χ0v) is 16.1. The van der Waals surface area contributed by atoms with Crippen molar-refractivity contribution in [1.29, 1.82) is 5.26 Å². The van der Waals surface area contributed by atoms with Gasteiger partial charge in [0.15, 0.2) is 0 Å². The molecule has 0 aliphatic carbocycles. The Morgan fingerprint density at radius 3 is 2.55 bits per heavy atom. The SMILES string of the molecule is CCCNC(=O)N1[C@H](C#N)[C@H](c2ccc(C#Cc3cccc(F)c3)cc2)[C@@H]1CO. The molecule has 2 aromatic carbocycles. The monoisotopic (exact) mass is 391 g/mol. The van der Waals surface area contributed by atoms with Crippen molar-refractivity contribution in [2.45, 2.75) is 31.3 Å². The first-order valence-electron chi connectivity index (χ1n) is 9.53. The van der Waals surface area contributed by atoms with Gasteiger partial charge >= 0.3 is 6.03 Å². The molecule has 0 bridgehead atoms. The number of nitrogens with one attached hydrogen (secondary N) is 1. The summed E-state index contributed by atoms with van der Waals surface area (Å²) in [7, 11) is 0. The third-order valence-electron chi connectivity index (χ3n) is 4.96. The van der Waals surface area contributed by atoms with Crippen molar-refractivity contribution in [2.24, 2.45) is 0 Å². The van der Waals surface area contributed by atoms with Gasteiger partial charge in [-0.05, 0) is 42.3 Å². The first-order chi connectivity index (χ1) is 14.1. The van der Waals surface area contributed by atoms with E-state index in [1.165, 1.54) is 17.0 Å². The Kier molecular flexibility index (Phi) is 6.49. The van der Waals surface area contributed by atoms with E-state index in [0.29, 0.717) is 12.1 Å². The number of hydrogen-bond donors (Lipinski definition) is 2. The van der Waals surface area contributed by atoms with Crippen LogP contribution in [-0.4, -0.2) is 41.3 Å². The minimum atomic E-state index is -0.631. The first kappa shape index (κ1) is 20.4. The third-order valence-corrected chi connectivity index (χ3v) is 4.96. The van der Waals surface area contributed by atoms with Gasteiger partial charge in [-0.2, -0.15) is 5.26 Å². The molecule has 2 aromatic rings. The lowest BCUT2D eigenvalue weighted by Crippen LogP contribution is -2.67. The van der Waals surface area contributed by atoms with Crippen molar-refractivity contribution in [3.8, 4) is 17.9 Å². The maximum absolute atomic E-state index is 13.2. The van der Waals surface area contributed by atoms with E-state index in [9.17, 15) is 19.6 Å². The predicted molar refractivity (Wildman–Crippen MR) is 107 cm³/mol. The number of rotatable bonds is 4. The second kappa shape index (κ2) is 9.23. The number of hydrogen-bond acceptors (Lipinski definition) is 3. The summed E-state index contributed by atoms with van der Waals surface area (Å²) >= 11 is 0. The van der Waals surface area contributed by atoms with Crippen LogP contribution < -0.4 is 5.32 Å². The van der Waals surface area contributed by atoms with Gasteiger partial charge in [-0.3, -0.25) is 0 Å². The molecule has 0 spiro atoms. The quantitative estimate of drug-likeness (QED) is 0.787. The summed E-state index contributed by atoms with van der Waals surface area (Å²) < 4.78 is 13.2. The lowest BCUT2D eigenvalue weighted by atomic mass is 9.76. The van der Waals surface area contributed by atoms with E-state index in [1.54, 1.807) is 12.1 Å². The highest BCUT2D eigenvalue weighted by atomic mass is 19.1. The molecule has 3 atom stereocenters. The number of nitrogens with zero attached hydrogens (tertiary/aromatic N) is 2. The van der Waals surface area contributed by atoms with Gasteiger partial charge in [0, 0.05) is 23.6 Å². The molecule has 148 valence electrons. The summed E-state index contributed by atoms with van der Waals surface area (Å²) in [6.07, 6.45) is 0.794. The van der Waals surface area contributed by atoms with Crippen LogP contribution in [0.5, 0.6) is 0 Å². The van der Waals surface area contributed by atoms with Crippen LogP contribution in [0.15, 0.2) is 48.5 Å². The summed E-state index contributed by atoms with van der Waals surface area (Å²) in [5, 5.41) is 22.1. The number of benzene rings is 2. The average Bonchev–Trinajstić information content (AvgIpc) is 2.71. The van der Waals surface area contributed by atoms with Crippen molar-refractivity contribution < 1.29 is 14.3 Å². The van der Waals surface area contributed by atoms with Crippen LogP contribution >= 0.6 is 0 Å². The molecule has 2 amide bonds. The molecule has 5 nitrogen and oxygen atoms in total. The number of carbonyl (C=O) groups is 1. The highest BCUT2D eigenvalue weighted by Gasteiger charge is 2.51. The van der Waals surface area contributed by atoms with Gasteiger partial charge in [0.05, 0.1) is 18.7 Å². The standard InChI is InChI=1S/C23H22FN3O2/c1-2-12-26-23(29)27-20(14-25)22(21(27)15-28)18-10-8-16(9-11-18)6-7-17-4-3-5-19(24)13-17/h3-5,8-11,13,20-22,28H,2,12,15H2,1H3,(H,26,29)/t20-,21+,22+/m1/s1. The molecule has 6 heteroatoms. The maximum atomic E-state index is 13.2. The Labute approximate surface area is 169 Å². The zero-order chi connectivity index (χ0) is 20.8. The van der Waals surface area contributed by atoms with Gasteiger partial charge in [-0.25, -0.2) is 9.18 Å². The summed E-state index contributed by atoms with van der Waals surface area (Å²) in [6.45, 7) is 2.25. The normalized spacial score (nSPS) is 20.1. The molecular formula is C23H22FN3O2. The molecule has 0 unspecified atom stereocenters. The molecule has 29 heavy (non-hydrogen) atoms. The van der Waals surface area contributed by atoms with Gasteiger partial charge in [0.25, 0.3) is 0 Å². The van der Waals surface area contributed by atoms with Gasteiger partial charge in [-0.1, -0.05) is 37.0 Å². The first-order valence-corrected chi connectivity index (χ1v) is 9.53. The highest BCUT2D eigenvalue weighted by molar-refractivity contribution is 5.77. The zero-order valence-electron chi connectivity index (χ0n) is 16.1. The van der Waals surface area contributed by atoms with Crippen molar-refractivity contribution in [3.05, 3.63) is 71.0 Å². The van der Waals surface area contributed by atoms with E-state index in [2.05, 4.69) is 23.2 Å². The van der Waals surface area contributed by atoms with Crippen molar-refractivity contribution in [1.82, 2.24) is 10.2 Å². The molecule has 1 aliphatic rings. The number of carbonyl (C=O) groups excluding carboxylic acids is 1. The summed E-state index contributed by atoms with van der Waals surface area (Å²) in [6, 6.07) is 14.2. The topological polar surface area (TPSA) is 76.4 Å². The number of aliphatic hydroxyl groups is 1. The fourth-order valence-electron chi connectivity index (χ4n) is 3.51. The number of urea groups is 1. The molecule has 1 aliphatic heterocycles. The average molecular weight is 391 g/mol. The number of likely N-dealkylation sites (tertiary alicyclic amines) is 1. The molecule has 0 aromatic heterocycles. The highest BCUT2D eigenvalue weighted by Crippen LogP contribution is 2.40. The van der Waals surface area contributed by atoms with E-state index in [4.69, 9.17) is 0 Å². The lowest BCUT2D eigenvalue weighted by molar-refractivity contribution is 0.0169. The van der Waals surface area contributed by atoms with E-state index in [0.717, 1.165) is 17.5 Å². The molecule has 2 N–H and O–H groups in total. The molecule has 0 radical (unpaired) electrons. The summed E-state index contributed by atoms with van der Waals surface area (Å²) in [5.41, 5.74) is 2.21. The Morgan fingerprint density at radius 1 is 1.21 bits per heavy atom. The Hall–Kier alpha value is -3.35. The predicted octanol–water partition coefficient (Wildman–Crippen LogP) is 3.00. The van der Waals surface area contributed by atoms with Crippen LogP contribution in [0.1, 0.15) is 36.0 Å². The molecular weight excluding hydrogens is 369 g/mol. The minimum Gasteiger partial charge on any atom is -0.394 e. The van der Waals surface area contributed by atoms with E-state index in [-0.39, 0.29) is 24.4 Å². The van der Waals surface area contributed by atoms with Gasteiger partial charge in [0.1, 0.15) is 11.9 Å². The smallest absolute Gasteiger partial charge is 0.318 e.